The lowest BCUT2D eigenvalue weighted by Crippen LogP contribution is -2.31. The number of aryl methyl sites for hydroxylation is 1. The second-order valence-electron chi connectivity index (χ2n) is 5.26. The van der Waals surface area contributed by atoms with Crippen molar-refractivity contribution >= 4 is 40.9 Å². The van der Waals surface area contributed by atoms with E-state index in [9.17, 15) is 14.4 Å². The SMILES string of the molecule is Cc1cccc(C(=O)NCC(=O)OCC(=O)c2ccc(Cl)c(Cl)c2)c1. The Balaban J connectivity index is 1.81. The molecule has 0 atom stereocenters. The Bertz CT molecular complexity index is 820. The summed E-state index contributed by atoms with van der Waals surface area (Å²) in [6.45, 7) is 1.08. The van der Waals surface area contributed by atoms with Crippen molar-refractivity contribution in [1.82, 2.24) is 5.32 Å². The molecule has 2 aromatic rings. The molecule has 25 heavy (non-hydrogen) atoms. The lowest BCUT2D eigenvalue weighted by molar-refractivity contribution is -0.141. The van der Waals surface area contributed by atoms with Crippen LogP contribution in [0.4, 0.5) is 0 Å². The van der Waals surface area contributed by atoms with Gasteiger partial charge in [0.25, 0.3) is 5.91 Å². The summed E-state index contributed by atoms with van der Waals surface area (Å²) in [5.41, 5.74) is 1.66. The van der Waals surface area contributed by atoms with Gasteiger partial charge < -0.3 is 10.1 Å². The Labute approximate surface area is 154 Å². The smallest absolute Gasteiger partial charge is 0.325 e. The molecule has 7 heteroatoms. The van der Waals surface area contributed by atoms with Gasteiger partial charge in [-0.25, -0.2) is 0 Å². The molecule has 1 amide bonds. The molecule has 2 rings (SSSR count). The fourth-order valence-electron chi connectivity index (χ4n) is 1.99. The third-order valence-corrected chi connectivity index (χ3v) is 4.02. The quantitative estimate of drug-likeness (QED) is 0.616. The molecule has 0 fully saturated rings. The molecule has 130 valence electrons. The maximum atomic E-state index is 11.9. The van der Waals surface area contributed by atoms with Gasteiger partial charge in [-0.05, 0) is 37.3 Å². The Morgan fingerprint density at radius 1 is 1.00 bits per heavy atom. The molecular weight excluding hydrogens is 365 g/mol. The van der Waals surface area contributed by atoms with E-state index in [-0.39, 0.29) is 17.1 Å². The first kappa shape index (κ1) is 19.0. The summed E-state index contributed by atoms with van der Waals surface area (Å²) in [5, 5.41) is 3.01. The minimum Gasteiger partial charge on any atom is -0.456 e. The van der Waals surface area contributed by atoms with Gasteiger partial charge in [0.15, 0.2) is 12.4 Å². The third-order valence-electron chi connectivity index (χ3n) is 3.28. The normalized spacial score (nSPS) is 10.2. The van der Waals surface area contributed by atoms with E-state index in [2.05, 4.69) is 5.32 Å². The van der Waals surface area contributed by atoms with Crippen LogP contribution in [-0.2, 0) is 9.53 Å². The highest BCUT2D eigenvalue weighted by Gasteiger charge is 2.13. The summed E-state index contributed by atoms with van der Waals surface area (Å²) in [7, 11) is 0. The van der Waals surface area contributed by atoms with Crippen LogP contribution in [-0.4, -0.2) is 30.8 Å². The summed E-state index contributed by atoms with van der Waals surface area (Å²) >= 11 is 11.6. The molecule has 2 aromatic carbocycles. The van der Waals surface area contributed by atoms with E-state index in [1.165, 1.54) is 18.2 Å². The number of hydrogen-bond acceptors (Lipinski definition) is 4. The highest BCUT2D eigenvalue weighted by molar-refractivity contribution is 6.42. The number of Topliss-reactive ketones (excluding diaryl/α,β-unsaturated/α-hetero) is 1. The van der Waals surface area contributed by atoms with Crippen molar-refractivity contribution in [3.05, 3.63) is 69.2 Å². The molecule has 0 aliphatic rings. The van der Waals surface area contributed by atoms with Crippen molar-refractivity contribution in [2.75, 3.05) is 13.2 Å². The summed E-state index contributed by atoms with van der Waals surface area (Å²) < 4.78 is 4.86. The highest BCUT2D eigenvalue weighted by atomic mass is 35.5. The van der Waals surface area contributed by atoms with Gasteiger partial charge in [-0.15, -0.1) is 0 Å². The Morgan fingerprint density at radius 3 is 2.44 bits per heavy atom. The summed E-state index contributed by atoms with van der Waals surface area (Å²) in [4.78, 5) is 35.5. The molecule has 0 heterocycles. The first-order chi connectivity index (χ1) is 11.9. The van der Waals surface area contributed by atoms with Crippen molar-refractivity contribution in [1.29, 1.82) is 0 Å². The molecule has 1 N–H and O–H groups in total. The van der Waals surface area contributed by atoms with Crippen LogP contribution in [0.2, 0.25) is 10.0 Å². The Morgan fingerprint density at radius 2 is 1.76 bits per heavy atom. The molecule has 0 spiro atoms. The molecule has 0 aliphatic carbocycles. The number of ether oxygens (including phenoxy) is 1. The van der Waals surface area contributed by atoms with E-state index >= 15 is 0 Å². The van der Waals surface area contributed by atoms with Crippen molar-refractivity contribution in [3.63, 3.8) is 0 Å². The van der Waals surface area contributed by atoms with E-state index in [0.717, 1.165) is 5.56 Å². The number of esters is 1. The fourth-order valence-corrected chi connectivity index (χ4v) is 2.29. The Kier molecular flexibility index (Phi) is 6.56. The molecule has 0 unspecified atom stereocenters. The number of carbonyl (C=O) groups excluding carboxylic acids is 3. The molecule has 0 saturated heterocycles. The first-order valence-electron chi connectivity index (χ1n) is 7.35. The monoisotopic (exact) mass is 379 g/mol. The zero-order chi connectivity index (χ0) is 18.4. The van der Waals surface area contributed by atoms with Gasteiger partial charge in [0, 0.05) is 11.1 Å². The van der Waals surface area contributed by atoms with Crippen LogP contribution in [0.3, 0.4) is 0 Å². The largest absolute Gasteiger partial charge is 0.456 e. The zero-order valence-electron chi connectivity index (χ0n) is 13.3. The maximum absolute atomic E-state index is 11.9. The molecule has 0 aliphatic heterocycles. The zero-order valence-corrected chi connectivity index (χ0v) is 14.9. The number of ketones is 1. The van der Waals surface area contributed by atoms with Gasteiger partial charge in [0.2, 0.25) is 0 Å². The predicted molar refractivity (Wildman–Crippen MR) is 95.3 cm³/mol. The third kappa shape index (κ3) is 5.59. The van der Waals surface area contributed by atoms with Gasteiger partial charge in [0.05, 0.1) is 10.0 Å². The number of rotatable bonds is 6. The van der Waals surface area contributed by atoms with Gasteiger partial charge in [0.1, 0.15) is 6.54 Å². The van der Waals surface area contributed by atoms with Crippen molar-refractivity contribution in [2.24, 2.45) is 0 Å². The maximum Gasteiger partial charge on any atom is 0.325 e. The minimum atomic E-state index is -0.714. The van der Waals surface area contributed by atoms with Crippen LogP contribution in [0.15, 0.2) is 42.5 Å². The minimum absolute atomic E-state index is 0.240. The van der Waals surface area contributed by atoms with Crippen LogP contribution >= 0.6 is 23.2 Å². The van der Waals surface area contributed by atoms with Crippen LogP contribution in [0.5, 0.6) is 0 Å². The van der Waals surface area contributed by atoms with Gasteiger partial charge in [-0.1, -0.05) is 40.9 Å². The van der Waals surface area contributed by atoms with Crippen molar-refractivity contribution in [2.45, 2.75) is 6.92 Å². The van der Waals surface area contributed by atoms with Crippen LogP contribution in [0.25, 0.3) is 0 Å². The molecule has 0 bridgehead atoms. The number of halogens is 2. The van der Waals surface area contributed by atoms with Crippen LogP contribution in [0, 0.1) is 6.92 Å². The standard InChI is InChI=1S/C18H15Cl2NO4/c1-11-3-2-4-13(7-11)18(24)21-9-17(23)25-10-16(22)12-5-6-14(19)15(20)8-12/h2-8H,9-10H2,1H3,(H,21,24). The van der Waals surface area contributed by atoms with Crippen molar-refractivity contribution in [3.8, 4) is 0 Å². The fraction of sp³-hybridized carbons (Fsp3) is 0.167. The van der Waals surface area contributed by atoms with Gasteiger partial charge in [-0.3, -0.25) is 14.4 Å². The van der Waals surface area contributed by atoms with E-state index < -0.39 is 24.3 Å². The molecule has 0 aromatic heterocycles. The summed E-state index contributed by atoms with van der Waals surface area (Å²) in [6.07, 6.45) is 0. The van der Waals surface area contributed by atoms with Crippen LogP contribution < -0.4 is 5.32 Å². The van der Waals surface area contributed by atoms with E-state index in [0.29, 0.717) is 10.6 Å². The van der Waals surface area contributed by atoms with Gasteiger partial charge >= 0.3 is 5.97 Å². The van der Waals surface area contributed by atoms with E-state index in [4.69, 9.17) is 27.9 Å². The lowest BCUT2D eigenvalue weighted by Gasteiger charge is -2.07. The second kappa shape index (κ2) is 8.65. The summed E-state index contributed by atoms with van der Waals surface area (Å²) in [6, 6.07) is 11.3. The van der Waals surface area contributed by atoms with Gasteiger partial charge in [-0.2, -0.15) is 0 Å². The van der Waals surface area contributed by atoms with E-state index in [1.54, 1.807) is 18.2 Å². The van der Waals surface area contributed by atoms with Crippen LogP contribution in [0.1, 0.15) is 26.3 Å². The number of hydrogen-bond donors (Lipinski definition) is 1. The number of amides is 1. The topological polar surface area (TPSA) is 72.5 Å². The number of carbonyl (C=O) groups is 3. The average molecular weight is 380 g/mol. The average Bonchev–Trinajstić information content (AvgIpc) is 2.59. The predicted octanol–water partition coefficient (Wildman–Crippen LogP) is 3.46. The molecular formula is C18H15Cl2NO4. The molecule has 5 nitrogen and oxygen atoms in total. The summed E-state index contributed by atoms with van der Waals surface area (Å²) in [5.74, 6) is -1.53. The van der Waals surface area contributed by atoms with E-state index in [1.807, 2.05) is 13.0 Å². The number of nitrogens with one attached hydrogen (secondary N) is 1. The second-order valence-corrected chi connectivity index (χ2v) is 6.08. The molecule has 0 radical (unpaired) electrons. The van der Waals surface area contributed by atoms with Crippen molar-refractivity contribution < 1.29 is 19.1 Å². The Hall–Kier alpha value is -2.37. The first-order valence-corrected chi connectivity index (χ1v) is 8.11. The lowest BCUT2D eigenvalue weighted by atomic mass is 10.1. The molecule has 0 saturated carbocycles. The highest BCUT2D eigenvalue weighted by Crippen LogP contribution is 2.22. The number of benzene rings is 2.